The Balaban J connectivity index is 0.000000853. The van der Waals surface area contributed by atoms with Gasteiger partial charge in [0.25, 0.3) is 0 Å². The maximum atomic E-state index is 3.46. The second-order valence-corrected chi connectivity index (χ2v) is 4.87. The van der Waals surface area contributed by atoms with Crippen LogP contribution in [0, 0.1) is 5.41 Å². The van der Waals surface area contributed by atoms with Gasteiger partial charge >= 0.3 is 0 Å². The fraction of sp³-hybridized carbons (Fsp3) is 0.538. The zero-order chi connectivity index (χ0) is 9.43. The standard InChI is InChI=1S/C13H17N.ClH/c1-2-4-12-10-13(9-11(12)3-1)5-7-14-8-6-13;/h1-4,14H,5-10H2;1H. The summed E-state index contributed by atoms with van der Waals surface area (Å²) in [5.41, 5.74) is 3.83. The summed E-state index contributed by atoms with van der Waals surface area (Å²) < 4.78 is 0. The molecule has 0 radical (unpaired) electrons. The van der Waals surface area contributed by atoms with Crippen LogP contribution < -0.4 is 5.32 Å². The first-order valence-corrected chi connectivity index (χ1v) is 5.66. The summed E-state index contributed by atoms with van der Waals surface area (Å²) in [5.74, 6) is 0. The van der Waals surface area contributed by atoms with Crippen molar-refractivity contribution in [3.8, 4) is 0 Å². The molecular formula is C13H18ClN. The lowest BCUT2D eigenvalue weighted by atomic mass is 9.76. The van der Waals surface area contributed by atoms with E-state index in [-0.39, 0.29) is 12.4 Å². The molecule has 1 spiro atoms. The van der Waals surface area contributed by atoms with Gasteiger partial charge in [0.1, 0.15) is 0 Å². The van der Waals surface area contributed by atoms with Crippen molar-refractivity contribution in [1.82, 2.24) is 5.32 Å². The van der Waals surface area contributed by atoms with Crippen LogP contribution in [-0.2, 0) is 12.8 Å². The van der Waals surface area contributed by atoms with Gasteiger partial charge < -0.3 is 5.32 Å². The third-order valence-electron chi connectivity index (χ3n) is 3.91. The highest BCUT2D eigenvalue weighted by molar-refractivity contribution is 5.85. The lowest BCUT2D eigenvalue weighted by Crippen LogP contribution is -2.37. The van der Waals surface area contributed by atoms with Crippen molar-refractivity contribution in [2.45, 2.75) is 25.7 Å². The third-order valence-corrected chi connectivity index (χ3v) is 3.91. The van der Waals surface area contributed by atoms with Gasteiger partial charge in [0, 0.05) is 0 Å². The Kier molecular flexibility index (Phi) is 3.03. The Labute approximate surface area is 97.7 Å². The van der Waals surface area contributed by atoms with E-state index >= 15 is 0 Å². The molecule has 3 rings (SSSR count). The van der Waals surface area contributed by atoms with E-state index in [9.17, 15) is 0 Å². The Hall–Kier alpha value is -0.530. The summed E-state index contributed by atoms with van der Waals surface area (Å²) in [6, 6.07) is 8.98. The molecule has 1 fully saturated rings. The SMILES string of the molecule is Cl.c1ccc2c(c1)CC1(CCNCC1)C2. The molecule has 1 N–H and O–H groups in total. The molecule has 1 aliphatic heterocycles. The van der Waals surface area contributed by atoms with E-state index in [1.165, 1.54) is 38.8 Å². The Morgan fingerprint density at radius 1 is 0.933 bits per heavy atom. The van der Waals surface area contributed by atoms with Crippen molar-refractivity contribution in [2.75, 3.05) is 13.1 Å². The minimum atomic E-state index is 0. The Bertz CT molecular complexity index is 315. The molecule has 0 amide bonds. The lowest BCUT2D eigenvalue weighted by Gasteiger charge is -2.33. The molecule has 2 heteroatoms. The number of hydrogen-bond acceptors (Lipinski definition) is 1. The van der Waals surface area contributed by atoms with Crippen LogP contribution in [0.25, 0.3) is 0 Å². The first-order valence-electron chi connectivity index (χ1n) is 5.66. The van der Waals surface area contributed by atoms with Gasteiger partial charge in [0.05, 0.1) is 0 Å². The average molecular weight is 224 g/mol. The molecule has 1 aromatic carbocycles. The summed E-state index contributed by atoms with van der Waals surface area (Å²) in [7, 11) is 0. The second-order valence-electron chi connectivity index (χ2n) is 4.87. The molecule has 1 nitrogen and oxygen atoms in total. The van der Waals surface area contributed by atoms with Gasteiger partial charge in [0.15, 0.2) is 0 Å². The van der Waals surface area contributed by atoms with E-state index in [1.54, 1.807) is 11.1 Å². The van der Waals surface area contributed by atoms with Crippen LogP contribution in [0.1, 0.15) is 24.0 Å². The summed E-state index contributed by atoms with van der Waals surface area (Å²) in [4.78, 5) is 0. The van der Waals surface area contributed by atoms with Gasteiger partial charge in [0.2, 0.25) is 0 Å². The molecule has 15 heavy (non-hydrogen) atoms. The molecule has 1 heterocycles. The molecule has 2 aliphatic rings. The number of rotatable bonds is 0. The van der Waals surface area contributed by atoms with Crippen molar-refractivity contribution >= 4 is 12.4 Å². The molecule has 0 saturated carbocycles. The fourth-order valence-electron chi connectivity index (χ4n) is 3.08. The maximum absolute atomic E-state index is 3.46. The number of nitrogens with one attached hydrogen (secondary N) is 1. The highest BCUT2D eigenvalue weighted by atomic mass is 35.5. The number of fused-ring (bicyclic) bond motifs is 1. The number of hydrogen-bond donors (Lipinski definition) is 1. The van der Waals surface area contributed by atoms with E-state index in [4.69, 9.17) is 0 Å². The van der Waals surface area contributed by atoms with Crippen LogP contribution >= 0.6 is 12.4 Å². The normalized spacial score (nSPS) is 22.1. The molecule has 0 unspecified atom stereocenters. The summed E-state index contributed by atoms with van der Waals surface area (Å²) in [5, 5.41) is 3.46. The first kappa shape index (κ1) is 11.0. The van der Waals surface area contributed by atoms with E-state index in [0.29, 0.717) is 5.41 Å². The average Bonchev–Trinajstić information content (AvgIpc) is 2.56. The number of piperidine rings is 1. The Morgan fingerprint density at radius 2 is 1.47 bits per heavy atom. The number of benzene rings is 1. The van der Waals surface area contributed by atoms with Crippen LogP contribution in [0.15, 0.2) is 24.3 Å². The van der Waals surface area contributed by atoms with Crippen LogP contribution in [0.4, 0.5) is 0 Å². The first-order chi connectivity index (χ1) is 6.88. The molecule has 1 aromatic rings. The molecule has 0 atom stereocenters. The fourth-order valence-corrected chi connectivity index (χ4v) is 3.08. The van der Waals surface area contributed by atoms with Gasteiger partial charge in [-0.15, -0.1) is 12.4 Å². The molecule has 0 bridgehead atoms. The Morgan fingerprint density at radius 3 is 2.00 bits per heavy atom. The van der Waals surface area contributed by atoms with Crippen molar-refractivity contribution in [3.05, 3.63) is 35.4 Å². The largest absolute Gasteiger partial charge is 0.317 e. The zero-order valence-corrected chi connectivity index (χ0v) is 9.78. The monoisotopic (exact) mass is 223 g/mol. The minimum Gasteiger partial charge on any atom is -0.317 e. The highest BCUT2D eigenvalue weighted by Gasteiger charge is 2.37. The zero-order valence-electron chi connectivity index (χ0n) is 8.96. The molecule has 82 valence electrons. The van der Waals surface area contributed by atoms with E-state index in [2.05, 4.69) is 29.6 Å². The predicted octanol–water partition coefficient (Wildman–Crippen LogP) is 2.58. The van der Waals surface area contributed by atoms with Crippen LogP contribution in [-0.4, -0.2) is 13.1 Å². The van der Waals surface area contributed by atoms with Gasteiger partial charge in [-0.2, -0.15) is 0 Å². The molecular weight excluding hydrogens is 206 g/mol. The van der Waals surface area contributed by atoms with Crippen molar-refractivity contribution in [1.29, 1.82) is 0 Å². The van der Waals surface area contributed by atoms with Gasteiger partial charge in [-0.1, -0.05) is 24.3 Å². The summed E-state index contributed by atoms with van der Waals surface area (Å²) >= 11 is 0. The molecule has 0 aromatic heterocycles. The number of halogens is 1. The van der Waals surface area contributed by atoms with Gasteiger partial charge in [-0.3, -0.25) is 0 Å². The van der Waals surface area contributed by atoms with Crippen LogP contribution in [0.2, 0.25) is 0 Å². The van der Waals surface area contributed by atoms with Gasteiger partial charge in [-0.05, 0) is 55.3 Å². The highest BCUT2D eigenvalue weighted by Crippen LogP contribution is 2.42. The topological polar surface area (TPSA) is 12.0 Å². The predicted molar refractivity (Wildman–Crippen MR) is 65.6 cm³/mol. The van der Waals surface area contributed by atoms with Crippen molar-refractivity contribution in [2.24, 2.45) is 5.41 Å². The lowest BCUT2D eigenvalue weighted by molar-refractivity contribution is 0.216. The van der Waals surface area contributed by atoms with Crippen LogP contribution in [0.3, 0.4) is 0 Å². The smallest absolute Gasteiger partial charge is 0.00434 e. The molecule has 1 saturated heterocycles. The summed E-state index contributed by atoms with van der Waals surface area (Å²) in [6.45, 7) is 2.43. The van der Waals surface area contributed by atoms with E-state index in [1.807, 2.05) is 0 Å². The van der Waals surface area contributed by atoms with Gasteiger partial charge in [-0.25, -0.2) is 0 Å². The maximum Gasteiger partial charge on any atom is -0.00434 e. The minimum absolute atomic E-state index is 0. The van der Waals surface area contributed by atoms with Crippen LogP contribution in [0.5, 0.6) is 0 Å². The van der Waals surface area contributed by atoms with Crippen molar-refractivity contribution in [3.63, 3.8) is 0 Å². The van der Waals surface area contributed by atoms with E-state index in [0.717, 1.165) is 0 Å². The molecule has 1 aliphatic carbocycles. The van der Waals surface area contributed by atoms with Crippen molar-refractivity contribution < 1.29 is 0 Å². The summed E-state index contributed by atoms with van der Waals surface area (Å²) in [6.07, 6.45) is 5.37. The van der Waals surface area contributed by atoms with E-state index < -0.39 is 0 Å². The quantitative estimate of drug-likeness (QED) is 0.713. The third kappa shape index (κ3) is 1.91. The second kappa shape index (κ2) is 4.15.